The van der Waals surface area contributed by atoms with Gasteiger partial charge in [-0.05, 0) is 34.5 Å². The summed E-state index contributed by atoms with van der Waals surface area (Å²) in [6.45, 7) is 2.88. The second-order valence-corrected chi connectivity index (χ2v) is 3.62. The van der Waals surface area contributed by atoms with Crippen LogP contribution in [-0.2, 0) is 4.74 Å². The van der Waals surface area contributed by atoms with Crippen molar-refractivity contribution in [3.05, 3.63) is 35.7 Å². The number of aromatic nitrogens is 4. The van der Waals surface area contributed by atoms with E-state index < -0.39 is 0 Å². The summed E-state index contributed by atoms with van der Waals surface area (Å²) >= 11 is 0. The molecule has 5 nitrogen and oxygen atoms in total. The molecule has 2 heterocycles. The predicted molar refractivity (Wildman–Crippen MR) is 52.6 cm³/mol. The Kier molecular flexibility index (Phi) is 1.78. The van der Waals surface area contributed by atoms with Crippen molar-refractivity contribution >= 4 is 0 Å². The highest BCUT2D eigenvalue weighted by molar-refractivity contribution is 5.42. The predicted octanol–water partition coefficient (Wildman–Crippen LogP) is 1.04. The number of epoxide rings is 1. The van der Waals surface area contributed by atoms with Crippen LogP contribution in [-0.4, -0.2) is 26.8 Å². The highest BCUT2D eigenvalue weighted by Crippen LogP contribution is 2.31. The zero-order valence-electron chi connectivity index (χ0n) is 8.29. The maximum Gasteiger partial charge on any atom is 0.143 e. The second-order valence-electron chi connectivity index (χ2n) is 3.62. The van der Waals surface area contributed by atoms with Crippen molar-refractivity contribution in [2.75, 3.05) is 6.61 Å². The van der Waals surface area contributed by atoms with Gasteiger partial charge in [-0.1, -0.05) is 12.1 Å². The fraction of sp³-hybridized carbons (Fsp3) is 0.300. The van der Waals surface area contributed by atoms with E-state index in [2.05, 4.69) is 27.7 Å². The SMILES string of the molecule is Cc1cc([C@@H]2CO2)ccc1-n1cnnn1. The minimum atomic E-state index is 0.298. The fourth-order valence-electron chi connectivity index (χ4n) is 1.65. The van der Waals surface area contributed by atoms with Crippen molar-refractivity contribution in [3.8, 4) is 5.69 Å². The Morgan fingerprint density at radius 2 is 2.33 bits per heavy atom. The van der Waals surface area contributed by atoms with Crippen LogP contribution in [0.3, 0.4) is 0 Å². The van der Waals surface area contributed by atoms with Crippen LogP contribution in [0.4, 0.5) is 0 Å². The average molecular weight is 202 g/mol. The summed E-state index contributed by atoms with van der Waals surface area (Å²) in [6, 6.07) is 6.19. The number of benzene rings is 1. The number of nitrogens with zero attached hydrogens (tertiary/aromatic N) is 4. The third-order valence-corrected chi connectivity index (χ3v) is 2.52. The maximum absolute atomic E-state index is 5.23. The molecule has 0 radical (unpaired) electrons. The van der Waals surface area contributed by atoms with Gasteiger partial charge in [-0.15, -0.1) is 5.10 Å². The molecule has 1 aliphatic rings. The molecule has 3 rings (SSSR count). The molecule has 15 heavy (non-hydrogen) atoms. The average Bonchev–Trinajstić information content (AvgIpc) is 2.95. The van der Waals surface area contributed by atoms with Crippen molar-refractivity contribution in [2.24, 2.45) is 0 Å². The van der Waals surface area contributed by atoms with Crippen LogP contribution >= 0.6 is 0 Å². The largest absolute Gasteiger partial charge is 0.368 e. The van der Waals surface area contributed by atoms with Crippen LogP contribution in [0.5, 0.6) is 0 Å². The lowest BCUT2D eigenvalue weighted by molar-refractivity contribution is 0.415. The van der Waals surface area contributed by atoms with Gasteiger partial charge >= 0.3 is 0 Å². The van der Waals surface area contributed by atoms with Crippen molar-refractivity contribution in [2.45, 2.75) is 13.0 Å². The minimum Gasteiger partial charge on any atom is -0.368 e. The number of rotatable bonds is 2. The highest BCUT2D eigenvalue weighted by atomic mass is 16.6. The molecule has 2 aromatic rings. The molecular formula is C10H10N4O. The van der Waals surface area contributed by atoms with Gasteiger partial charge in [-0.25, -0.2) is 4.68 Å². The van der Waals surface area contributed by atoms with Gasteiger partial charge in [-0.2, -0.15) is 0 Å². The van der Waals surface area contributed by atoms with Crippen molar-refractivity contribution in [1.29, 1.82) is 0 Å². The Balaban J connectivity index is 2.02. The number of hydrogen-bond acceptors (Lipinski definition) is 4. The summed E-state index contributed by atoms with van der Waals surface area (Å²) < 4.78 is 6.89. The van der Waals surface area contributed by atoms with Gasteiger partial charge < -0.3 is 4.74 Å². The van der Waals surface area contributed by atoms with Gasteiger partial charge in [0.1, 0.15) is 12.4 Å². The third kappa shape index (κ3) is 1.50. The summed E-state index contributed by atoms with van der Waals surface area (Å²) in [5.41, 5.74) is 3.38. The number of aryl methyl sites for hydroxylation is 1. The molecule has 5 heteroatoms. The van der Waals surface area contributed by atoms with E-state index in [4.69, 9.17) is 4.74 Å². The first-order valence-corrected chi connectivity index (χ1v) is 4.80. The topological polar surface area (TPSA) is 56.1 Å². The Hall–Kier alpha value is -1.75. The summed E-state index contributed by atoms with van der Waals surface area (Å²) in [5, 5.41) is 11.1. The quantitative estimate of drug-likeness (QED) is 0.683. The molecule has 0 spiro atoms. The van der Waals surface area contributed by atoms with Crippen LogP contribution in [0.15, 0.2) is 24.5 Å². The van der Waals surface area contributed by atoms with Crippen LogP contribution in [0, 0.1) is 6.92 Å². The van der Waals surface area contributed by atoms with E-state index >= 15 is 0 Å². The van der Waals surface area contributed by atoms with Gasteiger partial charge in [0.2, 0.25) is 0 Å². The Morgan fingerprint density at radius 3 is 2.93 bits per heavy atom. The standard InChI is InChI=1S/C10H10N4O/c1-7-4-8(10-5-15-10)2-3-9(7)14-6-11-12-13-14/h2-4,6,10H,5H2,1H3/t10-/m0/s1. The summed E-state index contributed by atoms with van der Waals surface area (Å²) in [6.07, 6.45) is 1.89. The minimum absolute atomic E-state index is 0.298. The molecule has 1 aromatic heterocycles. The molecule has 0 bridgehead atoms. The lowest BCUT2D eigenvalue weighted by Crippen LogP contribution is -1.98. The van der Waals surface area contributed by atoms with E-state index in [1.165, 1.54) is 5.56 Å². The molecule has 1 atom stereocenters. The highest BCUT2D eigenvalue weighted by Gasteiger charge is 2.24. The first-order valence-electron chi connectivity index (χ1n) is 4.80. The normalized spacial score (nSPS) is 19.1. The molecule has 1 fully saturated rings. The van der Waals surface area contributed by atoms with Gasteiger partial charge in [-0.3, -0.25) is 0 Å². The lowest BCUT2D eigenvalue weighted by Gasteiger charge is -2.05. The Bertz CT molecular complexity index is 476. The van der Waals surface area contributed by atoms with Gasteiger partial charge in [0.15, 0.2) is 0 Å². The van der Waals surface area contributed by atoms with E-state index in [1.54, 1.807) is 11.0 Å². The molecule has 0 aliphatic carbocycles. The van der Waals surface area contributed by atoms with Gasteiger partial charge in [0.25, 0.3) is 0 Å². The lowest BCUT2D eigenvalue weighted by atomic mass is 10.1. The van der Waals surface area contributed by atoms with E-state index in [0.717, 1.165) is 17.9 Å². The summed E-state index contributed by atoms with van der Waals surface area (Å²) in [4.78, 5) is 0. The molecule has 1 aromatic carbocycles. The number of hydrogen-bond donors (Lipinski definition) is 0. The van der Waals surface area contributed by atoms with Crippen LogP contribution in [0.25, 0.3) is 5.69 Å². The first-order chi connectivity index (χ1) is 7.34. The summed E-state index contributed by atoms with van der Waals surface area (Å²) in [5.74, 6) is 0. The Labute approximate surface area is 86.7 Å². The summed E-state index contributed by atoms with van der Waals surface area (Å²) in [7, 11) is 0. The zero-order valence-corrected chi connectivity index (χ0v) is 8.29. The molecule has 1 aliphatic heterocycles. The molecule has 1 saturated heterocycles. The van der Waals surface area contributed by atoms with E-state index in [0.29, 0.717) is 6.10 Å². The Morgan fingerprint density at radius 1 is 1.47 bits per heavy atom. The fourth-order valence-corrected chi connectivity index (χ4v) is 1.65. The number of tetrazole rings is 1. The molecule has 0 saturated carbocycles. The third-order valence-electron chi connectivity index (χ3n) is 2.52. The zero-order chi connectivity index (χ0) is 10.3. The maximum atomic E-state index is 5.23. The van der Waals surface area contributed by atoms with E-state index in [9.17, 15) is 0 Å². The van der Waals surface area contributed by atoms with Crippen molar-refractivity contribution in [1.82, 2.24) is 20.2 Å². The van der Waals surface area contributed by atoms with Crippen molar-refractivity contribution in [3.63, 3.8) is 0 Å². The van der Waals surface area contributed by atoms with E-state index in [1.807, 2.05) is 13.0 Å². The second kappa shape index (κ2) is 3.13. The molecule has 0 unspecified atom stereocenters. The van der Waals surface area contributed by atoms with Crippen LogP contribution in [0.2, 0.25) is 0 Å². The van der Waals surface area contributed by atoms with Gasteiger partial charge in [0.05, 0.1) is 12.3 Å². The van der Waals surface area contributed by atoms with E-state index in [-0.39, 0.29) is 0 Å². The first kappa shape index (κ1) is 8.55. The van der Waals surface area contributed by atoms with Crippen LogP contribution < -0.4 is 0 Å². The molecule has 0 amide bonds. The molecule has 0 N–H and O–H groups in total. The van der Waals surface area contributed by atoms with Crippen molar-refractivity contribution < 1.29 is 4.74 Å². The molecular weight excluding hydrogens is 192 g/mol. The van der Waals surface area contributed by atoms with Gasteiger partial charge in [0, 0.05) is 0 Å². The molecule has 76 valence electrons. The monoisotopic (exact) mass is 202 g/mol. The smallest absolute Gasteiger partial charge is 0.143 e. The van der Waals surface area contributed by atoms with Crippen LogP contribution in [0.1, 0.15) is 17.2 Å². The number of ether oxygens (including phenoxy) is 1.